The topological polar surface area (TPSA) is 72.4 Å². The van der Waals surface area contributed by atoms with Crippen LogP contribution in [0.2, 0.25) is 5.02 Å². The largest absolute Gasteiger partial charge is 0.397 e. The number of rotatable bonds is 2. The second-order valence-electron chi connectivity index (χ2n) is 4.77. The number of anilines is 2. The SMILES string of the molecule is CC1(C(N)=O)CCN(c2c(N)cccc2Cl)C1. The summed E-state index contributed by atoms with van der Waals surface area (Å²) < 4.78 is 0. The van der Waals surface area contributed by atoms with E-state index in [0.29, 0.717) is 17.3 Å². The molecule has 1 atom stereocenters. The first kappa shape index (κ1) is 12.0. The van der Waals surface area contributed by atoms with Crippen LogP contribution in [0.3, 0.4) is 0 Å². The molecule has 0 aliphatic carbocycles. The number of nitrogens with zero attached hydrogens (tertiary/aromatic N) is 1. The van der Waals surface area contributed by atoms with Crippen molar-refractivity contribution in [2.45, 2.75) is 13.3 Å². The Morgan fingerprint density at radius 3 is 2.76 bits per heavy atom. The van der Waals surface area contributed by atoms with E-state index in [1.807, 2.05) is 17.9 Å². The van der Waals surface area contributed by atoms with Crippen molar-refractivity contribution < 1.29 is 4.79 Å². The van der Waals surface area contributed by atoms with Crippen LogP contribution in [0.15, 0.2) is 18.2 Å². The summed E-state index contributed by atoms with van der Waals surface area (Å²) in [6, 6.07) is 5.42. The Labute approximate surface area is 106 Å². The summed E-state index contributed by atoms with van der Waals surface area (Å²) in [5.41, 5.74) is 12.3. The van der Waals surface area contributed by atoms with Crippen LogP contribution in [-0.4, -0.2) is 19.0 Å². The van der Waals surface area contributed by atoms with Crippen LogP contribution < -0.4 is 16.4 Å². The number of carbonyl (C=O) groups is 1. The standard InChI is InChI=1S/C12H16ClN3O/c1-12(11(15)17)5-6-16(7-12)10-8(13)3-2-4-9(10)14/h2-4H,5-7,14H2,1H3,(H2,15,17). The summed E-state index contributed by atoms with van der Waals surface area (Å²) >= 11 is 6.14. The maximum atomic E-state index is 11.4. The fourth-order valence-corrected chi connectivity index (χ4v) is 2.52. The normalized spacial score (nSPS) is 24.0. The second-order valence-corrected chi connectivity index (χ2v) is 5.18. The zero-order valence-electron chi connectivity index (χ0n) is 9.74. The molecule has 1 aromatic carbocycles. The lowest BCUT2D eigenvalue weighted by Gasteiger charge is -2.24. The highest BCUT2D eigenvalue weighted by Gasteiger charge is 2.39. The average molecular weight is 254 g/mol. The van der Waals surface area contributed by atoms with Crippen LogP contribution in [0.25, 0.3) is 0 Å². The third-order valence-electron chi connectivity index (χ3n) is 3.40. The van der Waals surface area contributed by atoms with Gasteiger partial charge in [0.05, 0.1) is 21.8 Å². The number of primary amides is 1. The fourth-order valence-electron chi connectivity index (χ4n) is 2.22. The molecule has 1 heterocycles. The third kappa shape index (κ3) is 2.05. The third-order valence-corrected chi connectivity index (χ3v) is 3.71. The number of nitrogen functional groups attached to an aromatic ring is 1. The van der Waals surface area contributed by atoms with Crippen LogP contribution >= 0.6 is 11.6 Å². The molecule has 1 aliphatic heterocycles. The predicted molar refractivity (Wildman–Crippen MR) is 70.0 cm³/mol. The number of nitrogens with two attached hydrogens (primary N) is 2. The number of halogens is 1. The van der Waals surface area contributed by atoms with Crippen LogP contribution in [0.1, 0.15) is 13.3 Å². The molecule has 0 bridgehead atoms. The Bertz CT molecular complexity index is 443. The smallest absolute Gasteiger partial charge is 0.225 e. The molecule has 1 unspecified atom stereocenters. The summed E-state index contributed by atoms with van der Waals surface area (Å²) in [7, 11) is 0. The number of benzene rings is 1. The van der Waals surface area contributed by atoms with Crippen molar-refractivity contribution in [1.29, 1.82) is 0 Å². The molecule has 4 N–H and O–H groups in total. The van der Waals surface area contributed by atoms with Gasteiger partial charge in [0.2, 0.25) is 5.91 Å². The number of hydrogen-bond acceptors (Lipinski definition) is 3. The first-order valence-corrected chi connectivity index (χ1v) is 5.91. The van der Waals surface area contributed by atoms with E-state index >= 15 is 0 Å². The first-order chi connectivity index (χ1) is 7.94. The molecule has 1 fully saturated rings. The van der Waals surface area contributed by atoms with Gasteiger partial charge in [-0.1, -0.05) is 17.7 Å². The van der Waals surface area contributed by atoms with Gasteiger partial charge in [0.1, 0.15) is 0 Å². The van der Waals surface area contributed by atoms with E-state index in [1.165, 1.54) is 0 Å². The fraction of sp³-hybridized carbons (Fsp3) is 0.417. The Kier molecular flexibility index (Phi) is 2.91. The van der Waals surface area contributed by atoms with E-state index in [2.05, 4.69) is 0 Å². The highest BCUT2D eigenvalue weighted by Crippen LogP contribution is 2.39. The first-order valence-electron chi connectivity index (χ1n) is 5.53. The zero-order valence-corrected chi connectivity index (χ0v) is 10.5. The van der Waals surface area contributed by atoms with Gasteiger partial charge in [-0.2, -0.15) is 0 Å². The molecule has 92 valence electrons. The Morgan fingerprint density at radius 2 is 2.24 bits per heavy atom. The maximum absolute atomic E-state index is 11.4. The lowest BCUT2D eigenvalue weighted by Crippen LogP contribution is -2.37. The van der Waals surface area contributed by atoms with E-state index in [1.54, 1.807) is 12.1 Å². The molecule has 1 aliphatic rings. The van der Waals surface area contributed by atoms with E-state index in [9.17, 15) is 4.79 Å². The summed E-state index contributed by atoms with van der Waals surface area (Å²) in [5.74, 6) is -0.273. The Hall–Kier alpha value is -1.42. The molecular weight excluding hydrogens is 238 g/mol. The minimum Gasteiger partial charge on any atom is -0.397 e. The minimum absolute atomic E-state index is 0.273. The van der Waals surface area contributed by atoms with Crippen LogP contribution in [0.4, 0.5) is 11.4 Å². The number of carbonyl (C=O) groups excluding carboxylic acids is 1. The molecule has 1 saturated heterocycles. The molecule has 4 nitrogen and oxygen atoms in total. The van der Waals surface area contributed by atoms with Gasteiger partial charge in [-0.3, -0.25) is 4.79 Å². The summed E-state index contributed by atoms with van der Waals surface area (Å²) in [4.78, 5) is 13.4. The van der Waals surface area contributed by atoms with Gasteiger partial charge in [-0.15, -0.1) is 0 Å². The molecule has 17 heavy (non-hydrogen) atoms. The lowest BCUT2D eigenvalue weighted by atomic mass is 9.89. The van der Waals surface area contributed by atoms with Gasteiger partial charge >= 0.3 is 0 Å². The Balaban J connectivity index is 2.30. The summed E-state index contributed by atoms with van der Waals surface area (Å²) in [5, 5.41) is 0.610. The lowest BCUT2D eigenvalue weighted by molar-refractivity contribution is -0.125. The molecule has 1 amide bonds. The van der Waals surface area contributed by atoms with E-state index in [-0.39, 0.29) is 5.91 Å². The molecular formula is C12H16ClN3O. The molecule has 0 radical (unpaired) electrons. The van der Waals surface area contributed by atoms with E-state index < -0.39 is 5.41 Å². The van der Waals surface area contributed by atoms with Crippen molar-refractivity contribution >= 4 is 28.9 Å². The highest BCUT2D eigenvalue weighted by molar-refractivity contribution is 6.34. The van der Waals surface area contributed by atoms with E-state index in [0.717, 1.165) is 18.7 Å². The molecule has 0 spiro atoms. The van der Waals surface area contributed by atoms with Gasteiger partial charge in [-0.05, 0) is 25.5 Å². The minimum atomic E-state index is -0.494. The molecule has 5 heteroatoms. The van der Waals surface area contributed by atoms with Crippen molar-refractivity contribution in [2.24, 2.45) is 11.1 Å². The van der Waals surface area contributed by atoms with Crippen molar-refractivity contribution in [2.75, 3.05) is 23.7 Å². The molecule has 0 aromatic heterocycles. The van der Waals surface area contributed by atoms with Crippen molar-refractivity contribution in [3.05, 3.63) is 23.2 Å². The number of para-hydroxylation sites is 1. The number of hydrogen-bond donors (Lipinski definition) is 2. The van der Waals surface area contributed by atoms with Crippen molar-refractivity contribution in [1.82, 2.24) is 0 Å². The summed E-state index contributed by atoms with van der Waals surface area (Å²) in [6.07, 6.45) is 0.729. The summed E-state index contributed by atoms with van der Waals surface area (Å²) in [6.45, 7) is 3.19. The van der Waals surface area contributed by atoms with Crippen LogP contribution in [0, 0.1) is 5.41 Å². The quantitative estimate of drug-likeness (QED) is 0.787. The van der Waals surface area contributed by atoms with Crippen molar-refractivity contribution in [3.63, 3.8) is 0 Å². The predicted octanol–water partition coefficient (Wildman–Crippen LogP) is 1.62. The Morgan fingerprint density at radius 1 is 1.53 bits per heavy atom. The average Bonchev–Trinajstić information content (AvgIpc) is 2.62. The zero-order chi connectivity index (χ0) is 12.6. The molecule has 0 saturated carbocycles. The van der Waals surface area contributed by atoms with Crippen LogP contribution in [-0.2, 0) is 4.79 Å². The van der Waals surface area contributed by atoms with Gasteiger partial charge in [0, 0.05) is 13.1 Å². The van der Waals surface area contributed by atoms with Crippen molar-refractivity contribution in [3.8, 4) is 0 Å². The van der Waals surface area contributed by atoms with Gasteiger partial charge in [0.25, 0.3) is 0 Å². The molecule has 2 rings (SSSR count). The molecule has 1 aromatic rings. The maximum Gasteiger partial charge on any atom is 0.225 e. The second kappa shape index (κ2) is 4.11. The van der Waals surface area contributed by atoms with Gasteiger partial charge in [-0.25, -0.2) is 0 Å². The van der Waals surface area contributed by atoms with Crippen LogP contribution in [0.5, 0.6) is 0 Å². The van der Waals surface area contributed by atoms with Gasteiger partial charge < -0.3 is 16.4 Å². The number of amides is 1. The monoisotopic (exact) mass is 253 g/mol. The van der Waals surface area contributed by atoms with Gasteiger partial charge in [0.15, 0.2) is 0 Å². The van der Waals surface area contributed by atoms with E-state index in [4.69, 9.17) is 23.1 Å². The highest BCUT2D eigenvalue weighted by atomic mass is 35.5.